The highest BCUT2D eigenvalue weighted by atomic mass is 14.8. The lowest BCUT2D eigenvalue weighted by Crippen LogP contribution is -2.15. The fourth-order valence-corrected chi connectivity index (χ4v) is 3.29. The van der Waals surface area contributed by atoms with Crippen LogP contribution >= 0.6 is 0 Å². The van der Waals surface area contributed by atoms with Gasteiger partial charge in [0.25, 0.3) is 0 Å². The normalized spacial score (nSPS) is 16.0. The van der Waals surface area contributed by atoms with Crippen LogP contribution in [0.15, 0.2) is 36.7 Å². The molecule has 1 saturated carbocycles. The van der Waals surface area contributed by atoms with Gasteiger partial charge in [-0.1, -0.05) is 37.8 Å². The molecule has 20 heavy (non-hydrogen) atoms. The molecule has 0 spiro atoms. The SMILES string of the molecule is c1cc2cc(CNCCCC3CCCC3)ccc2cn1. The zero-order chi connectivity index (χ0) is 13.6. The van der Waals surface area contributed by atoms with Crippen molar-refractivity contribution < 1.29 is 0 Å². The van der Waals surface area contributed by atoms with Gasteiger partial charge in [0.1, 0.15) is 0 Å². The summed E-state index contributed by atoms with van der Waals surface area (Å²) in [5, 5.41) is 6.08. The third-order valence-corrected chi connectivity index (χ3v) is 4.47. The number of hydrogen-bond acceptors (Lipinski definition) is 2. The highest BCUT2D eigenvalue weighted by Gasteiger charge is 2.13. The predicted molar refractivity (Wildman–Crippen MR) is 84.6 cm³/mol. The van der Waals surface area contributed by atoms with Crippen molar-refractivity contribution >= 4 is 10.8 Å². The summed E-state index contributed by atoms with van der Waals surface area (Å²) in [6.07, 6.45) is 12.4. The van der Waals surface area contributed by atoms with Crippen molar-refractivity contribution in [2.75, 3.05) is 6.54 Å². The van der Waals surface area contributed by atoms with Crippen molar-refractivity contribution in [1.29, 1.82) is 0 Å². The van der Waals surface area contributed by atoms with Crippen molar-refractivity contribution in [3.8, 4) is 0 Å². The molecule has 1 aromatic carbocycles. The lowest BCUT2D eigenvalue weighted by atomic mass is 10.0. The minimum absolute atomic E-state index is 0.975. The summed E-state index contributed by atoms with van der Waals surface area (Å²) >= 11 is 0. The summed E-state index contributed by atoms with van der Waals surface area (Å²) in [7, 11) is 0. The average Bonchev–Trinajstić information content (AvgIpc) is 3.00. The van der Waals surface area contributed by atoms with E-state index in [0.717, 1.165) is 19.0 Å². The molecule has 2 aromatic rings. The lowest BCUT2D eigenvalue weighted by Gasteiger charge is -2.09. The molecule has 1 heterocycles. The molecule has 0 aliphatic heterocycles. The Morgan fingerprint density at radius 3 is 2.90 bits per heavy atom. The molecular weight excluding hydrogens is 244 g/mol. The standard InChI is InChI=1S/C18H24N2/c1-2-5-15(4-1)6-3-10-19-13-16-7-8-18-14-20-11-9-17(18)12-16/h7-9,11-12,14-15,19H,1-6,10,13H2. The Morgan fingerprint density at radius 1 is 1.10 bits per heavy atom. The molecular formula is C18H24N2. The summed E-state index contributed by atoms with van der Waals surface area (Å²) < 4.78 is 0. The second-order valence-corrected chi connectivity index (χ2v) is 6.03. The Hall–Kier alpha value is -1.41. The van der Waals surface area contributed by atoms with Gasteiger partial charge in [0.2, 0.25) is 0 Å². The van der Waals surface area contributed by atoms with Crippen LogP contribution in [0.25, 0.3) is 10.8 Å². The second kappa shape index (κ2) is 6.85. The van der Waals surface area contributed by atoms with Crippen LogP contribution in [0.2, 0.25) is 0 Å². The van der Waals surface area contributed by atoms with Gasteiger partial charge in [-0.05, 0) is 48.4 Å². The third-order valence-electron chi connectivity index (χ3n) is 4.47. The molecule has 2 heteroatoms. The van der Waals surface area contributed by atoms with Gasteiger partial charge in [-0.25, -0.2) is 0 Å². The molecule has 0 radical (unpaired) electrons. The van der Waals surface area contributed by atoms with E-state index in [1.807, 2.05) is 12.4 Å². The third kappa shape index (κ3) is 3.57. The van der Waals surface area contributed by atoms with Gasteiger partial charge in [-0.3, -0.25) is 4.98 Å². The van der Waals surface area contributed by atoms with Gasteiger partial charge in [0.15, 0.2) is 0 Å². The summed E-state index contributed by atoms with van der Waals surface area (Å²) in [5.74, 6) is 1.02. The Labute approximate surface area is 121 Å². The molecule has 1 aliphatic rings. The molecule has 106 valence electrons. The van der Waals surface area contributed by atoms with Gasteiger partial charge in [-0.2, -0.15) is 0 Å². The van der Waals surface area contributed by atoms with E-state index < -0.39 is 0 Å². The van der Waals surface area contributed by atoms with Crippen LogP contribution in [0, 0.1) is 5.92 Å². The van der Waals surface area contributed by atoms with Crippen LogP contribution in [0.1, 0.15) is 44.1 Å². The summed E-state index contributed by atoms with van der Waals surface area (Å²) in [6.45, 7) is 2.12. The van der Waals surface area contributed by atoms with E-state index in [1.54, 1.807) is 0 Å². The number of benzene rings is 1. The second-order valence-electron chi connectivity index (χ2n) is 6.03. The molecule has 0 saturated heterocycles. The van der Waals surface area contributed by atoms with Crippen LogP contribution in [0.4, 0.5) is 0 Å². The van der Waals surface area contributed by atoms with Gasteiger partial charge in [0.05, 0.1) is 0 Å². The first-order chi connectivity index (χ1) is 9.92. The van der Waals surface area contributed by atoms with E-state index >= 15 is 0 Å². The fourth-order valence-electron chi connectivity index (χ4n) is 3.29. The molecule has 1 fully saturated rings. The van der Waals surface area contributed by atoms with Crippen molar-refractivity contribution in [1.82, 2.24) is 10.3 Å². The van der Waals surface area contributed by atoms with Crippen LogP contribution < -0.4 is 5.32 Å². The average molecular weight is 268 g/mol. The van der Waals surface area contributed by atoms with E-state index in [1.165, 1.54) is 54.9 Å². The molecule has 1 aromatic heterocycles. The number of aromatic nitrogens is 1. The molecule has 3 rings (SSSR count). The minimum Gasteiger partial charge on any atom is -0.313 e. The lowest BCUT2D eigenvalue weighted by molar-refractivity contribution is 0.470. The van der Waals surface area contributed by atoms with Gasteiger partial charge >= 0.3 is 0 Å². The van der Waals surface area contributed by atoms with Crippen LogP contribution in [-0.2, 0) is 6.54 Å². The molecule has 2 nitrogen and oxygen atoms in total. The van der Waals surface area contributed by atoms with E-state index in [0.29, 0.717) is 0 Å². The smallest absolute Gasteiger partial charge is 0.0346 e. The first-order valence-corrected chi connectivity index (χ1v) is 7.95. The summed E-state index contributed by atoms with van der Waals surface area (Å²) in [6, 6.07) is 8.71. The number of nitrogens with one attached hydrogen (secondary N) is 1. The van der Waals surface area contributed by atoms with Crippen molar-refractivity contribution in [3.63, 3.8) is 0 Å². The van der Waals surface area contributed by atoms with Crippen molar-refractivity contribution in [3.05, 3.63) is 42.2 Å². The van der Waals surface area contributed by atoms with E-state index in [-0.39, 0.29) is 0 Å². The monoisotopic (exact) mass is 268 g/mol. The van der Waals surface area contributed by atoms with Gasteiger partial charge in [0, 0.05) is 24.3 Å². The first-order valence-electron chi connectivity index (χ1n) is 7.95. The van der Waals surface area contributed by atoms with Crippen LogP contribution in [0.3, 0.4) is 0 Å². The fraction of sp³-hybridized carbons (Fsp3) is 0.500. The summed E-state index contributed by atoms with van der Waals surface area (Å²) in [4.78, 5) is 4.15. The van der Waals surface area contributed by atoms with Crippen molar-refractivity contribution in [2.45, 2.75) is 45.1 Å². The zero-order valence-corrected chi connectivity index (χ0v) is 12.1. The quantitative estimate of drug-likeness (QED) is 0.790. The molecule has 0 amide bonds. The number of fused-ring (bicyclic) bond motifs is 1. The molecule has 1 N–H and O–H groups in total. The molecule has 0 unspecified atom stereocenters. The van der Waals surface area contributed by atoms with Gasteiger partial charge in [-0.15, -0.1) is 0 Å². The number of hydrogen-bond donors (Lipinski definition) is 1. The molecule has 1 aliphatic carbocycles. The van der Waals surface area contributed by atoms with Gasteiger partial charge < -0.3 is 5.32 Å². The highest BCUT2D eigenvalue weighted by molar-refractivity contribution is 5.81. The Bertz CT molecular complexity index is 544. The van der Waals surface area contributed by atoms with E-state index in [2.05, 4.69) is 34.6 Å². The van der Waals surface area contributed by atoms with Crippen LogP contribution in [0.5, 0.6) is 0 Å². The maximum atomic E-state index is 4.15. The first kappa shape index (κ1) is 13.6. The number of nitrogens with zero attached hydrogens (tertiary/aromatic N) is 1. The summed E-state index contributed by atoms with van der Waals surface area (Å²) in [5.41, 5.74) is 1.37. The largest absolute Gasteiger partial charge is 0.313 e. The highest BCUT2D eigenvalue weighted by Crippen LogP contribution is 2.28. The van der Waals surface area contributed by atoms with Crippen LogP contribution in [-0.4, -0.2) is 11.5 Å². The molecule has 0 atom stereocenters. The maximum Gasteiger partial charge on any atom is 0.0346 e. The van der Waals surface area contributed by atoms with Crippen molar-refractivity contribution in [2.24, 2.45) is 5.92 Å². The molecule has 0 bridgehead atoms. The number of pyridine rings is 1. The topological polar surface area (TPSA) is 24.9 Å². The van der Waals surface area contributed by atoms with E-state index in [4.69, 9.17) is 0 Å². The predicted octanol–water partition coefficient (Wildman–Crippen LogP) is 4.29. The zero-order valence-electron chi connectivity index (χ0n) is 12.1. The Kier molecular flexibility index (Phi) is 4.65. The van der Waals surface area contributed by atoms with E-state index in [9.17, 15) is 0 Å². The Morgan fingerprint density at radius 2 is 2.00 bits per heavy atom. The minimum atomic E-state index is 0.975. The Balaban J connectivity index is 1.42. The maximum absolute atomic E-state index is 4.15. The number of rotatable bonds is 6.